The zero-order valence-electron chi connectivity index (χ0n) is 14.1. The third-order valence-electron chi connectivity index (χ3n) is 3.99. The second kappa shape index (κ2) is 7.11. The molecule has 0 saturated carbocycles. The molecule has 0 spiro atoms. The Morgan fingerprint density at radius 3 is 2.65 bits per heavy atom. The van der Waals surface area contributed by atoms with E-state index in [1.54, 1.807) is 35.7 Å². The summed E-state index contributed by atoms with van der Waals surface area (Å²) in [7, 11) is 1.44. The van der Waals surface area contributed by atoms with Gasteiger partial charge in [-0.1, -0.05) is 23.2 Å². The first-order chi connectivity index (χ1) is 12.3. The smallest absolute Gasteiger partial charge is 0.411 e. The van der Waals surface area contributed by atoms with Crippen LogP contribution in [0, 0.1) is 6.92 Å². The molecule has 0 bridgehead atoms. The molecule has 0 fully saturated rings. The van der Waals surface area contributed by atoms with Crippen molar-refractivity contribution in [2.45, 2.75) is 13.3 Å². The summed E-state index contributed by atoms with van der Waals surface area (Å²) in [5, 5.41) is 19.5. The van der Waals surface area contributed by atoms with E-state index in [1.807, 2.05) is 0 Å². The van der Waals surface area contributed by atoms with Gasteiger partial charge in [0.05, 0.1) is 27.8 Å². The van der Waals surface area contributed by atoms with Crippen LogP contribution in [0.15, 0.2) is 24.4 Å². The fraction of sp³-hybridized carbons (Fsp3) is 0.235. The van der Waals surface area contributed by atoms with E-state index in [0.29, 0.717) is 50.6 Å². The molecular weight excluding hydrogens is 379 g/mol. The number of carboxylic acid groups (broad SMARTS) is 1. The summed E-state index contributed by atoms with van der Waals surface area (Å²) in [5.74, 6) is 0.398. The number of hydrogen-bond donors (Lipinski definition) is 2. The van der Waals surface area contributed by atoms with E-state index in [-0.39, 0.29) is 6.61 Å². The van der Waals surface area contributed by atoms with Gasteiger partial charge in [-0.05, 0) is 25.1 Å². The zero-order chi connectivity index (χ0) is 19.0. The van der Waals surface area contributed by atoms with Crippen molar-refractivity contribution in [3.8, 4) is 11.3 Å². The lowest BCUT2D eigenvalue weighted by Crippen LogP contribution is -2.26. The molecule has 3 aromatic rings. The van der Waals surface area contributed by atoms with Crippen LogP contribution >= 0.6 is 23.2 Å². The van der Waals surface area contributed by atoms with Gasteiger partial charge in [0.2, 0.25) is 5.78 Å². The van der Waals surface area contributed by atoms with Crippen molar-refractivity contribution in [2.24, 2.45) is 0 Å². The SMILES string of the molecule is Cc1nc2nc(CCO)cn2c(-c2ccc(Cl)cc2Cl)c1N(C)C(=O)O. The van der Waals surface area contributed by atoms with Crippen LogP contribution in [-0.4, -0.2) is 44.3 Å². The van der Waals surface area contributed by atoms with E-state index in [2.05, 4.69) is 9.97 Å². The predicted molar refractivity (Wildman–Crippen MR) is 100 cm³/mol. The summed E-state index contributed by atoms with van der Waals surface area (Å²) in [4.78, 5) is 21.5. The Bertz CT molecular complexity index is 1000. The monoisotopic (exact) mass is 394 g/mol. The number of carbonyl (C=O) groups is 1. The Labute approximate surface area is 159 Å². The number of benzene rings is 1. The summed E-state index contributed by atoms with van der Waals surface area (Å²) in [6, 6.07) is 5.00. The van der Waals surface area contributed by atoms with Gasteiger partial charge in [-0.3, -0.25) is 9.30 Å². The molecule has 7 nitrogen and oxygen atoms in total. The van der Waals surface area contributed by atoms with Crippen LogP contribution in [-0.2, 0) is 6.42 Å². The van der Waals surface area contributed by atoms with Gasteiger partial charge in [0.15, 0.2) is 0 Å². The molecule has 2 aromatic heterocycles. The topological polar surface area (TPSA) is 91.0 Å². The molecular formula is C17H16Cl2N4O3. The first-order valence-electron chi connectivity index (χ1n) is 7.75. The third-order valence-corrected chi connectivity index (χ3v) is 4.54. The summed E-state index contributed by atoms with van der Waals surface area (Å²) in [6.45, 7) is 1.66. The normalized spacial score (nSPS) is 11.1. The molecule has 1 aromatic carbocycles. The van der Waals surface area contributed by atoms with Crippen LogP contribution in [0.1, 0.15) is 11.4 Å². The molecule has 0 saturated heterocycles. The third kappa shape index (κ3) is 3.21. The maximum Gasteiger partial charge on any atom is 0.411 e. The Balaban J connectivity index is 2.41. The largest absolute Gasteiger partial charge is 0.465 e. The molecule has 0 radical (unpaired) electrons. The molecule has 0 atom stereocenters. The molecule has 2 heterocycles. The molecule has 26 heavy (non-hydrogen) atoms. The fourth-order valence-corrected chi connectivity index (χ4v) is 3.32. The molecule has 0 aliphatic carbocycles. The van der Waals surface area contributed by atoms with Crippen LogP contribution in [0.25, 0.3) is 17.0 Å². The summed E-state index contributed by atoms with van der Waals surface area (Å²) < 4.78 is 1.68. The summed E-state index contributed by atoms with van der Waals surface area (Å²) in [6.07, 6.45) is 0.953. The van der Waals surface area contributed by atoms with Crippen molar-refractivity contribution in [3.63, 3.8) is 0 Å². The zero-order valence-corrected chi connectivity index (χ0v) is 15.6. The number of imidazole rings is 1. The average molecular weight is 395 g/mol. The number of halogens is 2. The number of aromatic nitrogens is 3. The van der Waals surface area contributed by atoms with Gasteiger partial charge in [-0.25, -0.2) is 14.8 Å². The van der Waals surface area contributed by atoms with Crippen molar-refractivity contribution in [1.29, 1.82) is 0 Å². The molecule has 9 heteroatoms. The van der Waals surface area contributed by atoms with Crippen molar-refractivity contribution >= 4 is 40.8 Å². The lowest BCUT2D eigenvalue weighted by Gasteiger charge is -2.21. The summed E-state index contributed by atoms with van der Waals surface area (Å²) in [5.41, 5.74) is 2.66. The van der Waals surface area contributed by atoms with Gasteiger partial charge >= 0.3 is 6.09 Å². The van der Waals surface area contributed by atoms with Crippen LogP contribution in [0.4, 0.5) is 10.5 Å². The van der Waals surface area contributed by atoms with Gasteiger partial charge in [0.25, 0.3) is 0 Å². The lowest BCUT2D eigenvalue weighted by molar-refractivity contribution is 0.203. The van der Waals surface area contributed by atoms with Crippen molar-refractivity contribution in [2.75, 3.05) is 18.6 Å². The van der Waals surface area contributed by atoms with Crippen LogP contribution in [0.5, 0.6) is 0 Å². The molecule has 2 N–H and O–H groups in total. The highest BCUT2D eigenvalue weighted by molar-refractivity contribution is 6.36. The molecule has 136 valence electrons. The Morgan fingerprint density at radius 2 is 2.04 bits per heavy atom. The number of rotatable bonds is 4. The average Bonchev–Trinajstić information content (AvgIpc) is 2.95. The minimum absolute atomic E-state index is 0.0538. The minimum atomic E-state index is -1.13. The van der Waals surface area contributed by atoms with Crippen molar-refractivity contribution < 1.29 is 15.0 Å². The highest BCUT2D eigenvalue weighted by Gasteiger charge is 2.24. The standard InChI is InChI=1S/C17H16Cl2N4O3/c1-9-14(22(2)17(25)26)15(12-4-3-10(18)7-13(12)19)23-8-11(5-6-24)21-16(23)20-9/h3-4,7-8,24H,5-6H2,1-2H3,(H,25,26). The first-order valence-corrected chi connectivity index (χ1v) is 8.50. The van der Waals surface area contributed by atoms with E-state index in [1.165, 1.54) is 7.05 Å². The van der Waals surface area contributed by atoms with E-state index >= 15 is 0 Å². The van der Waals surface area contributed by atoms with Gasteiger partial charge in [-0.2, -0.15) is 0 Å². The van der Waals surface area contributed by atoms with E-state index in [0.717, 1.165) is 4.90 Å². The lowest BCUT2D eigenvalue weighted by atomic mass is 10.1. The van der Waals surface area contributed by atoms with Crippen molar-refractivity contribution in [3.05, 3.63) is 45.8 Å². The molecule has 0 unspecified atom stereocenters. The van der Waals surface area contributed by atoms with Crippen molar-refractivity contribution in [1.82, 2.24) is 14.4 Å². The number of aryl methyl sites for hydroxylation is 1. The summed E-state index contributed by atoms with van der Waals surface area (Å²) >= 11 is 12.4. The molecule has 0 aliphatic rings. The maximum absolute atomic E-state index is 11.6. The number of nitrogens with zero attached hydrogens (tertiary/aromatic N) is 4. The number of fused-ring (bicyclic) bond motifs is 1. The first kappa shape index (κ1) is 18.4. The van der Waals surface area contributed by atoms with Crippen LogP contribution < -0.4 is 4.90 Å². The van der Waals surface area contributed by atoms with Gasteiger partial charge < -0.3 is 10.2 Å². The maximum atomic E-state index is 11.6. The molecule has 3 rings (SSSR count). The quantitative estimate of drug-likeness (QED) is 0.704. The molecule has 1 amide bonds. The van der Waals surface area contributed by atoms with Gasteiger partial charge in [0.1, 0.15) is 0 Å². The van der Waals surface area contributed by atoms with Crippen LogP contribution in [0.2, 0.25) is 10.0 Å². The van der Waals surface area contributed by atoms with Gasteiger partial charge in [0, 0.05) is 36.9 Å². The Kier molecular flexibility index (Phi) is 5.04. The highest BCUT2D eigenvalue weighted by atomic mass is 35.5. The number of aliphatic hydroxyl groups is 1. The predicted octanol–water partition coefficient (Wildman–Crippen LogP) is 3.66. The molecule has 0 aliphatic heterocycles. The van der Waals surface area contributed by atoms with Gasteiger partial charge in [-0.15, -0.1) is 0 Å². The Morgan fingerprint density at radius 1 is 1.31 bits per heavy atom. The number of amides is 1. The number of hydrogen-bond acceptors (Lipinski definition) is 4. The van der Waals surface area contributed by atoms with E-state index < -0.39 is 6.09 Å². The number of anilines is 1. The highest BCUT2D eigenvalue weighted by Crippen LogP contribution is 2.38. The minimum Gasteiger partial charge on any atom is -0.465 e. The Hall–Kier alpha value is -2.35. The second-order valence-corrected chi connectivity index (χ2v) is 6.58. The fourth-order valence-electron chi connectivity index (χ4n) is 2.82. The second-order valence-electron chi connectivity index (χ2n) is 5.74. The number of aliphatic hydroxyl groups excluding tert-OH is 1. The van der Waals surface area contributed by atoms with E-state index in [4.69, 9.17) is 23.2 Å². The van der Waals surface area contributed by atoms with Crippen LogP contribution in [0.3, 0.4) is 0 Å². The van der Waals surface area contributed by atoms with E-state index in [9.17, 15) is 15.0 Å².